The first-order chi connectivity index (χ1) is 9.39. The number of rotatable bonds is 5. The van der Waals surface area contributed by atoms with Gasteiger partial charge in [-0.2, -0.15) is 0 Å². The van der Waals surface area contributed by atoms with Crippen LogP contribution in [0.3, 0.4) is 0 Å². The lowest BCUT2D eigenvalue weighted by atomic mass is 9.93. The van der Waals surface area contributed by atoms with Gasteiger partial charge in [0.1, 0.15) is 5.82 Å². The van der Waals surface area contributed by atoms with E-state index < -0.39 is 9.84 Å². The third-order valence-corrected chi connectivity index (χ3v) is 5.97. The van der Waals surface area contributed by atoms with Crippen molar-refractivity contribution in [2.75, 3.05) is 18.6 Å². The van der Waals surface area contributed by atoms with Gasteiger partial charge in [0.15, 0.2) is 9.84 Å². The van der Waals surface area contributed by atoms with Crippen LogP contribution < -0.4 is 5.32 Å². The zero-order chi connectivity index (χ0) is 14.8. The first-order valence-electron chi connectivity index (χ1n) is 7.02. The smallest absolute Gasteiger partial charge is 0.150 e. The van der Waals surface area contributed by atoms with Crippen molar-refractivity contribution >= 4 is 9.84 Å². The standard InChI is InChI=1S/C15H22FNO2S/c1-11-3-4-14(16)8-13(11)9-15(17-2)7-12-5-6-20(18,19)10-12/h3-4,8,12,15,17H,5-7,9-10H2,1-2H3. The first-order valence-corrected chi connectivity index (χ1v) is 8.84. The Morgan fingerprint density at radius 1 is 1.45 bits per heavy atom. The van der Waals surface area contributed by atoms with Crippen molar-refractivity contribution in [1.29, 1.82) is 0 Å². The molecule has 1 aromatic carbocycles. The van der Waals surface area contributed by atoms with Crippen LogP contribution in [0.15, 0.2) is 18.2 Å². The van der Waals surface area contributed by atoms with E-state index in [0.717, 1.165) is 30.4 Å². The summed E-state index contributed by atoms with van der Waals surface area (Å²) in [5, 5.41) is 3.23. The van der Waals surface area contributed by atoms with E-state index >= 15 is 0 Å². The molecule has 1 fully saturated rings. The molecule has 0 aromatic heterocycles. The van der Waals surface area contributed by atoms with Crippen molar-refractivity contribution in [3.05, 3.63) is 35.1 Å². The van der Waals surface area contributed by atoms with E-state index in [2.05, 4.69) is 5.32 Å². The van der Waals surface area contributed by atoms with Crippen LogP contribution in [0.5, 0.6) is 0 Å². The summed E-state index contributed by atoms with van der Waals surface area (Å²) < 4.78 is 36.3. The Labute approximate surface area is 120 Å². The molecule has 5 heteroatoms. The van der Waals surface area contributed by atoms with Crippen LogP contribution in [0.25, 0.3) is 0 Å². The fourth-order valence-corrected chi connectivity index (χ4v) is 4.77. The van der Waals surface area contributed by atoms with Gasteiger partial charge in [0.2, 0.25) is 0 Å². The molecule has 1 aliphatic heterocycles. The molecule has 0 amide bonds. The second kappa shape index (κ2) is 6.22. The summed E-state index contributed by atoms with van der Waals surface area (Å²) in [5.74, 6) is 0.621. The van der Waals surface area contributed by atoms with Gasteiger partial charge < -0.3 is 5.32 Å². The van der Waals surface area contributed by atoms with Crippen LogP contribution in [0.2, 0.25) is 0 Å². The van der Waals surface area contributed by atoms with Crippen molar-refractivity contribution in [1.82, 2.24) is 5.32 Å². The molecular weight excluding hydrogens is 277 g/mol. The Morgan fingerprint density at radius 2 is 2.20 bits per heavy atom. The summed E-state index contributed by atoms with van der Waals surface area (Å²) in [5.41, 5.74) is 2.07. The van der Waals surface area contributed by atoms with Gasteiger partial charge in [-0.05, 0) is 62.4 Å². The van der Waals surface area contributed by atoms with Crippen molar-refractivity contribution in [3.8, 4) is 0 Å². The molecule has 0 saturated carbocycles. The molecule has 2 unspecified atom stereocenters. The maximum Gasteiger partial charge on any atom is 0.150 e. The van der Waals surface area contributed by atoms with Crippen molar-refractivity contribution in [3.63, 3.8) is 0 Å². The topological polar surface area (TPSA) is 46.2 Å². The molecular formula is C15H22FNO2S. The second-order valence-electron chi connectivity index (χ2n) is 5.77. The first kappa shape index (κ1) is 15.4. The summed E-state index contributed by atoms with van der Waals surface area (Å²) in [4.78, 5) is 0. The highest BCUT2D eigenvalue weighted by atomic mass is 32.2. The molecule has 1 N–H and O–H groups in total. The Hall–Kier alpha value is -0.940. The number of halogens is 1. The summed E-state index contributed by atoms with van der Waals surface area (Å²) in [6, 6.07) is 5.02. The monoisotopic (exact) mass is 299 g/mol. The Kier molecular flexibility index (Phi) is 4.81. The van der Waals surface area contributed by atoms with Crippen LogP contribution in [0, 0.1) is 18.7 Å². The number of hydrogen-bond acceptors (Lipinski definition) is 3. The highest BCUT2D eigenvalue weighted by Gasteiger charge is 2.29. The zero-order valence-corrected chi connectivity index (χ0v) is 12.8. The predicted octanol–water partition coefficient (Wildman–Crippen LogP) is 2.09. The molecule has 2 atom stereocenters. The number of aryl methyl sites for hydroxylation is 1. The SMILES string of the molecule is CNC(Cc1cc(F)ccc1C)CC1CCS(=O)(=O)C1. The fraction of sp³-hybridized carbons (Fsp3) is 0.600. The molecule has 3 nitrogen and oxygen atoms in total. The van der Waals surface area contributed by atoms with E-state index in [1.54, 1.807) is 12.1 Å². The average Bonchev–Trinajstić information content (AvgIpc) is 2.72. The van der Waals surface area contributed by atoms with E-state index in [1.165, 1.54) is 6.07 Å². The van der Waals surface area contributed by atoms with Gasteiger partial charge in [-0.15, -0.1) is 0 Å². The number of benzene rings is 1. The van der Waals surface area contributed by atoms with Crippen LogP contribution in [-0.2, 0) is 16.3 Å². The molecule has 0 radical (unpaired) electrons. The normalized spacial score (nSPS) is 22.9. The lowest BCUT2D eigenvalue weighted by Crippen LogP contribution is -2.30. The third kappa shape index (κ3) is 4.03. The largest absolute Gasteiger partial charge is 0.317 e. The van der Waals surface area contributed by atoms with Crippen LogP contribution in [-0.4, -0.2) is 33.0 Å². The molecule has 1 saturated heterocycles. The number of likely N-dealkylation sites (N-methyl/N-ethyl adjacent to an activating group) is 1. The second-order valence-corrected chi connectivity index (χ2v) is 7.99. The van der Waals surface area contributed by atoms with E-state index in [4.69, 9.17) is 0 Å². The van der Waals surface area contributed by atoms with Crippen LogP contribution in [0.1, 0.15) is 24.0 Å². The van der Waals surface area contributed by atoms with Gasteiger partial charge in [0.05, 0.1) is 11.5 Å². The molecule has 1 heterocycles. The Morgan fingerprint density at radius 3 is 2.80 bits per heavy atom. The maximum atomic E-state index is 13.3. The van der Waals surface area contributed by atoms with Gasteiger partial charge in [0.25, 0.3) is 0 Å². The van der Waals surface area contributed by atoms with Gasteiger partial charge >= 0.3 is 0 Å². The summed E-state index contributed by atoms with van der Waals surface area (Å²) in [6.07, 6.45) is 2.31. The molecule has 2 rings (SSSR count). The number of sulfone groups is 1. The molecule has 112 valence electrons. The Balaban J connectivity index is 2.01. The van der Waals surface area contributed by atoms with E-state index in [9.17, 15) is 12.8 Å². The summed E-state index contributed by atoms with van der Waals surface area (Å²) >= 11 is 0. The van der Waals surface area contributed by atoms with Crippen molar-refractivity contribution < 1.29 is 12.8 Å². The minimum atomic E-state index is -2.82. The van der Waals surface area contributed by atoms with E-state index in [1.807, 2.05) is 14.0 Å². The van der Waals surface area contributed by atoms with Gasteiger partial charge in [-0.3, -0.25) is 0 Å². The molecule has 1 aromatic rings. The predicted molar refractivity (Wildman–Crippen MR) is 79.1 cm³/mol. The summed E-state index contributed by atoms with van der Waals surface area (Å²) in [7, 11) is -0.947. The molecule has 0 aliphatic carbocycles. The van der Waals surface area contributed by atoms with E-state index in [-0.39, 0.29) is 17.8 Å². The summed E-state index contributed by atoms with van der Waals surface area (Å²) in [6.45, 7) is 1.97. The molecule has 1 aliphatic rings. The van der Waals surface area contributed by atoms with Crippen LogP contribution in [0.4, 0.5) is 4.39 Å². The maximum absolute atomic E-state index is 13.3. The number of nitrogens with one attached hydrogen (secondary N) is 1. The van der Waals surface area contributed by atoms with Gasteiger partial charge in [-0.1, -0.05) is 6.07 Å². The van der Waals surface area contributed by atoms with Crippen LogP contribution >= 0.6 is 0 Å². The molecule has 0 spiro atoms. The highest BCUT2D eigenvalue weighted by molar-refractivity contribution is 7.91. The fourth-order valence-electron chi connectivity index (χ4n) is 2.89. The minimum Gasteiger partial charge on any atom is -0.317 e. The lowest BCUT2D eigenvalue weighted by molar-refractivity contribution is 0.423. The van der Waals surface area contributed by atoms with Crippen molar-refractivity contribution in [2.45, 2.75) is 32.2 Å². The molecule has 0 bridgehead atoms. The van der Waals surface area contributed by atoms with Gasteiger partial charge in [0, 0.05) is 6.04 Å². The minimum absolute atomic E-state index is 0.189. The Bertz CT molecular complexity index is 571. The van der Waals surface area contributed by atoms with Crippen molar-refractivity contribution in [2.24, 2.45) is 5.92 Å². The highest BCUT2D eigenvalue weighted by Crippen LogP contribution is 2.24. The quantitative estimate of drug-likeness (QED) is 0.905. The third-order valence-electron chi connectivity index (χ3n) is 4.13. The van der Waals surface area contributed by atoms with Gasteiger partial charge in [-0.25, -0.2) is 12.8 Å². The number of hydrogen-bond donors (Lipinski definition) is 1. The molecule has 20 heavy (non-hydrogen) atoms. The zero-order valence-electron chi connectivity index (χ0n) is 12.0. The average molecular weight is 299 g/mol. The van der Waals surface area contributed by atoms with E-state index in [0.29, 0.717) is 11.5 Å². The lowest BCUT2D eigenvalue weighted by Gasteiger charge is -2.20.